The van der Waals surface area contributed by atoms with Crippen LogP contribution in [0.4, 0.5) is 0 Å². The first-order valence-electron chi connectivity index (χ1n) is 10.6. The van der Waals surface area contributed by atoms with E-state index in [1.807, 2.05) is 45.0 Å². The fourth-order valence-electron chi connectivity index (χ4n) is 6.00. The Morgan fingerprint density at radius 3 is 2.43 bits per heavy atom. The van der Waals surface area contributed by atoms with Crippen LogP contribution in [0.5, 0.6) is 0 Å². The molecule has 0 radical (unpaired) electrons. The average Bonchev–Trinajstić information content (AvgIpc) is 3.34. The maximum absolute atomic E-state index is 13.4. The van der Waals surface area contributed by atoms with Crippen molar-refractivity contribution in [3.05, 3.63) is 75.5 Å². The van der Waals surface area contributed by atoms with Gasteiger partial charge in [0.1, 0.15) is 5.76 Å². The van der Waals surface area contributed by atoms with Crippen LogP contribution in [0.1, 0.15) is 57.4 Å². The van der Waals surface area contributed by atoms with Crippen molar-refractivity contribution in [1.29, 1.82) is 0 Å². The van der Waals surface area contributed by atoms with E-state index in [0.29, 0.717) is 11.1 Å². The standard InChI is InChI=1S/C26H26O4/c1-12-8-13(2)20(14(3)9-12)22-24(28)21-19-11-18(26(30-19)23(21)25(22)29)17-7-5-6-16(10-17)15(4)27/h5-10,18-19,21,23,26,29H,11H2,1-4H3/t18-,19-,21-,23+,26+/m0/s1. The second-order valence-electron chi connectivity index (χ2n) is 9.11. The highest BCUT2D eigenvalue weighted by molar-refractivity contribution is 6.26. The van der Waals surface area contributed by atoms with Crippen molar-refractivity contribution in [2.24, 2.45) is 11.8 Å². The number of aliphatic hydroxyl groups excluding tert-OH is 1. The summed E-state index contributed by atoms with van der Waals surface area (Å²) in [6.07, 6.45) is 0.310. The topological polar surface area (TPSA) is 63.6 Å². The highest BCUT2D eigenvalue weighted by Crippen LogP contribution is 2.58. The molecule has 154 valence electrons. The average molecular weight is 402 g/mol. The fraction of sp³-hybridized carbons (Fsp3) is 0.385. The van der Waals surface area contributed by atoms with Crippen molar-refractivity contribution in [2.75, 3.05) is 0 Å². The summed E-state index contributed by atoms with van der Waals surface area (Å²) in [5, 5.41) is 11.3. The predicted molar refractivity (Wildman–Crippen MR) is 115 cm³/mol. The third-order valence-corrected chi connectivity index (χ3v) is 7.13. The van der Waals surface area contributed by atoms with Crippen LogP contribution < -0.4 is 0 Å². The molecule has 3 aliphatic rings. The Labute approximate surface area is 176 Å². The first-order valence-corrected chi connectivity index (χ1v) is 10.6. The van der Waals surface area contributed by atoms with Gasteiger partial charge in [0, 0.05) is 11.5 Å². The minimum absolute atomic E-state index is 0.0102. The van der Waals surface area contributed by atoms with Crippen molar-refractivity contribution >= 4 is 17.1 Å². The van der Waals surface area contributed by atoms with Gasteiger partial charge in [-0.05, 0) is 62.4 Å². The van der Waals surface area contributed by atoms with Crippen LogP contribution in [-0.2, 0) is 9.53 Å². The second kappa shape index (κ2) is 6.64. The SMILES string of the molecule is CC(=O)c1cccc([C@@H]2C[C@@H]3O[C@H]2[C@H]2C(O)=C(c4c(C)cc(C)cc4C)C(=O)[C@H]23)c1. The minimum Gasteiger partial charge on any atom is -0.511 e. The Kier molecular flexibility index (Phi) is 4.26. The van der Waals surface area contributed by atoms with E-state index in [1.165, 1.54) is 0 Å². The maximum atomic E-state index is 13.4. The molecule has 5 rings (SSSR count). The van der Waals surface area contributed by atoms with Gasteiger partial charge < -0.3 is 9.84 Å². The lowest BCUT2D eigenvalue weighted by molar-refractivity contribution is -0.118. The molecule has 2 bridgehead atoms. The van der Waals surface area contributed by atoms with Crippen LogP contribution in [0, 0.1) is 32.6 Å². The molecule has 1 aliphatic carbocycles. The number of ether oxygens (including phenoxy) is 1. The lowest BCUT2D eigenvalue weighted by Gasteiger charge is -2.28. The van der Waals surface area contributed by atoms with E-state index in [9.17, 15) is 14.7 Å². The monoisotopic (exact) mass is 402 g/mol. The third kappa shape index (κ3) is 2.63. The molecule has 4 nitrogen and oxygen atoms in total. The van der Waals surface area contributed by atoms with Gasteiger partial charge in [-0.2, -0.15) is 0 Å². The largest absolute Gasteiger partial charge is 0.511 e. The van der Waals surface area contributed by atoms with Gasteiger partial charge >= 0.3 is 0 Å². The molecular weight excluding hydrogens is 376 g/mol. The zero-order valence-corrected chi connectivity index (χ0v) is 17.7. The van der Waals surface area contributed by atoms with Gasteiger partial charge in [0.2, 0.25) is 0 Å². The van der Waals surface area contributed by atoms with E-state index in [1.54, 1.807) is 6.92 Å². The lowest BCUT2D eigenvalue weighted by Crippen LogP contribution is -2.33. The molecule has 30 heavy (non-hydrogen) atoms. The number of carbonyl (C=O) groups is 2. The summed E-state index contributed by atoms with van der Waals surface area (Å²) in [7, 11) is 0. The van der Waals surface area contributed by atoms with Crippen LogP contribution in [0.25, 0.3) is 5.57 Å². The van der Waals surface area contributed by atoms with Crippen molar-refractivity contribution < 1.29 is 19.4 Å². The van der Waals surface area contributed by atoms with E-state index in [-0.39, 0.29) is 47.3 Å². The number of aliphatic hydroxyl groups is 1. The van der Waals surface area contributed by atoms with Crippen LogP contribution in [0.2, 0.25) is 0 Å². The van der Waals surface area contributed by atoms with E-state index in [0.717, 1.165) is 34.2 Å². The molecule has 2 aliphatic heterocycles. The maximum Gasteiger partial charge on any atom is 0.173 e. The fourth-order valence-corrected chi connectivity index (χ4v) is 6.00. The Balaban J connectivity index is 1.56. The Morgan fingerprint density at radius 2 is 1.77 bits per heavy atom. The summed E-state index contributed by atoms with van der Waals surface area (Å²) < 4.78 is 6.21. The molecule has 0 unspecified atom stereocenters. The van der Waals surface area contributed by atoms with Crippen molar-refractivity contribution in [3.8, 4) is 0 Å². The van der Waals surface area contributed by atoms with Gasteiger partial charge in [-0.3, -0.25) is 9.59 Å². The van der Waals surface area contributed by atoms with Gasteiger partial charge in [0.15, 0.2) is 11.6 Å². The van der Waals surface area contributed by atoms with E-state index in [4.69, 9.17) is 4.74 Å². The number of carbonyl (C=O) groups excluding carboxylic acids is 2. The molecule has 4 heteroatoms. The molecule has 2 fully saturated rings. The number of hydrogen-bond acceptors (Lipinski definition) is 4. The number of hydrogen-bond donors (Lipinski definition) is 1. The summed E-state index contributed by atoms with van der Waals surface area (Å²) in [6, 6.07) is 11.8. The molecule has 2 heterocycles. The van der Waals surface area contributed by atoms with Gasteiger partial charge in [-0.25, -0.2) is 0 Å². The molecule has 0 aromatic heterocycles. The highest BCUT2D eigenvalue weighted by atomic mass is 16.5. The van der Waals surface area contributed by atoms with Crippen molar-refractivity contribution in [2.45, 2.75) is 52.2 Å². The lowest BCUT2D eigenvalue weighted by atomic mass is 9.72. The van der Waals surface area contributed by atoms with Crippen molar-refractivity contribution in [3.63, 3.8) is 0 Å². The van der Waals surface area contributed by atoms with Crippen LogP contribution >= 0.6 is 0 Å². The molecule has 2 aromatic rings. The molecule has 2 aromatic carbocycles. The zero-order chi connectivity index (χ0) is 21.3. The number of rotatable bonds is 3. The van der Waals surface area contributed by atoms with Gasteiger partial charge in [-0.1, -0.05) is 35.9 Å². The summed E-state index contributed by atoms with van der Waals surface area (Å²) in [5.41, 5.74) is 6.25. The second-order valence-corrected chi connectivity index (χ2v) is 9.11. The smallest absolute Gasteiger partial charge is 0.173 e. The molecule has 0 amide bonds. The number of fused-ring (bicyclic) bond motifs is 5. The van der Waals surface area contributed by atoms with E-state index < -0.39 is 0 Å². The Bertz CT molecular complexity index is 1100. The molecule has 5 atom stereocenters. The van der Waals surface area contributed by atoms with Crippen LogP contribution in [0.15, 0.2) is 42.2 Å². The van der Waals surface area contributed by atoms with Gasteiger partial charge in [-0.15, -0.1) is 0 Å². The Hall–Kier alpha value is -2.72. The van der Waals surface area contributed by atoms with Gasteiger partial charge in [0.05, 0.1) is 29.6 Å². The summed E-state index contributed by atoms with van der Waals surface area (Å²) in [6.45, 7) is 7.60. The zero-order valence-electron chi connectivity index (χ0n) is 17.7. The number of ketones is 2. The minimum atomic E-state index is -0.308. The quantitative estimate of drug-likeness (QED) is 0.745. The van der Waals surface area contributed by atoms with E-state index >= 15 is 0 Å². The first kappa shape index (κ1) is 19.3. The predicted octanol–water partition coefficient (Wildman–Crippen LogP) is 4.85. The number of aryl methyl sites for hydroxylation is 3. The van der Waals surface area contributed by atoms with Crippen molar-refractivity contribution in [1.82, 2.24) is 0 Å². The third-order valence-electron chi connectivity index (χ3n) is 7.13. The van der Waals surface area contributed by atoms with Crippen LogP contribution in [-0.4, -0.2) is 28.9 Å². The normalized spacial score (nSPS) is 29.6. The summed E-state index contributed by atoms with van der Waals surface area (Å²) in [5.74, 6) is -0.319. The Morgan fingerprint density at radius 1 is 1.07 bits per heavy atom. The number of allylic oxidation sites excluding steroid dienone is 1. The van der Waals surface area contributed by atoms with E-state index in [2.05, 4.69) is 12.1 Å². The number of Topliss-reactive ketones (excluding diaryl/α,β-unsaturated/α-hetero) is 2. The molecule has 0 saturated carbocycles. The molecule has 2 saturated heterocycles. The summed E-state index contributed by atoms with van der Waals surface area (Å²) in [4.78, 5) is 25.2. The molecule has 0 spiro atoms. The summed E-state index contributed by atoms with van der Waals surface area (Å²) >= 11 is 0. The number of benzene rings is 2. The molecule has 1 N–H and O–H groups in total. The van der Waals surface area contributed by atoms with Crippen LogP contribution in [0.3, 0.4) is 0 Å². The first-order chi connectivity index (χ1) is 14.3. The van der Waals surface area contributed by atoms with Gasteiger partial charge in [0.25, 0.3) is 0 Å². The molecular formula is C26H26O4. The highest BCUT2D eigenvalue weighted by Gasteiger charge is 2.62.